The van der Waals surface area contributed by atoms with Gasteiger partial charge in [0.15, 0.2) is 0 Å². The molecule has 2 atom stereocenters. The number of amides is 1. The number of carbonyl (C=O) groups is 2. The van der Waals surface area contributed by atoms with Crippen molar-refractivity contribution in [2.45, 2.75) is 39.7 Å². The zero-order valence-electron chi connectivity index (χ0n) is 16.1. The second kappa shape index (κ2) is 7.94. The number of aromatic nitrogens is 2. The van der Waals surface area contributed by atoms with Gasteiger partial charge in [0.25, 0.3) is 5.91 Å². The molecule has 0 bridgehead atoms. The molecule has 1 aromatic heterocycles. The molecule has 2 unspecified atom stereocenters. The maximum absolute atomic E-state index is 13.2. The van der Waals surface area contributed by atoms with Crippen molar-refractivity contribution < 1.29 is 14.7 Å². The van der Waals surface area contributed by atoms with E-state index in [1.54, 1.807) is 11.1 Å². The third kappa shape index (κ3) is 3.89. The lowest BCUT2D eigenvalue weighted by atomic mass is 9.89. The number of likely N-dealkylation sites (tertiary alicyclic amines) is 1. The van der Waals surface area contributed by atoms with Gasteiger partial charge in [0, 0.05) is 25.6 Å². The van der Waals surface area contributed by atoms with Crippen molar-refractivity contribution in [3.63, 3.8) is 0 Å². The fourth-order valence-electron chi connectivity index (χ4n) is 3.89. The van der Waals surface area contributed by atoms with Gasteiger partial charge in [-0.2, -0.15) is 5.10 Å². The summed E-state index contributed by atoms with van der Waals surface area (Å²) >= 11 is 0. The third-order valence-corrected chi connectivity index (χ3v) is 5.20. The molecule has 1 aliphatic heterocycles. The number of hydrogen-bond donors (Lipinski definition) is 1. The number of carboxylic acid groups (broad SMARTS) is 1. The molecule has 1 fully saturated rings. The summed E-state index contributed by atoms with van der Waals surface area (Å²) in [5.41, 5.74) is 2.48. The van der Waals surface area contributed by atoms with Crippen LogP contribution in [-0.2, 0) is 17.8 Å². The minimum atomic E-state index is -0.856. The van der Waals surface area contributed by atoms with Crippen molar-refractivity contribution >= 4 is 11.9 Å². The molecule has 6 heteroatoms. The van der Waals surface area contributed by atoms with Gasteiger partial charge in [-0.05, 0) is 17.9 Å². The van der Waals surface area contributed by atoms with E-state index in [9.17, 15) is 14.7 Å². The average molecular weight is 369 g/mol. The lowest BCUT2D eigenvalue weighted by Crippen LogP contribution is -2.30. The Hall–Kier alpha value is -2.63. The first-order valence-electron chi connectivity index (χ1n) is 9.54. The first-order chi connectivity index (χ1) is 12.9. The fraction of sp³-hybridized carbons (Fsp3) is 0.476. The highest BCUT2D eigenvalue weighted by Crippen LogP contribution is 2.34. The van der Waals surface area contributed by atoms with Gasteiger partial charge >= 0.3 is 5.97 Å². The number of hydrogen-bond acceptors (Lipinski definition) is 3. The van der Waals surface area contributed by atoms with Gasteiger partial charge in [0.1, 0.15) is 0 Å². The van der Waals surface area contributed by atoms with Crippen LogP contribution >= 0.6 is 0 Å². The second-order valence-corrected chi connectivity index (χ2v) is 7.61. The van der Waals surface area contributed by atoms with E-state index < -0.39 is 11.9 Å². The molecule has 1 saturated heterocycles. The summed E-state index contributed by atoms with van der Waals surface area (Å²) in [4.78, 5) is 26.6. The number of benzene rings is 1. The molecule has 27 heavy (non-hydrogen) atoms. The van der Waals surface area contributed by atoms with Crippen LogP contribution in [0.25, 0.3) is 0 Å². The molecule has 144 valence electrons. The summed E-state index contributed by atoms with van der Waals surface area (Å²) in [6.07, 6.45) is 2.35. The normalized spacial score (nSPS) is 19.6. The zero-order chi connectivity index (χ0) is 19.6. The van der Waals surface area contributed by atoms with Gasteiger partial charge in [-0.3, -0.25) is 14.3 Å². The van der Waals surface area contributed by atoms with E-state index in [0.29, 0.717) is 24.4 Å². The standard InChI is InChI=1S/C21H27N3O3/c1-4-19-16(10-22-24(19)11-14(2)3)20(25)23-12-17(18(13-23)21(26)27)15-8-6-5-7-9-15/h5-10,14,17-18H,4,11-13H2,1-3H3,(H,26,27). The summed E-state index contributed by atoms with van der Waals surface area (Å²) in [6, 6.07) is 9.60. The Morgan fingerprint density at radius 2 is 1.93 bits per heavy atom. The quantitative estimate of drug-likeness (QED) is 0.849. The number of rotatable bonds is 6. The van der Waals surface area contributed by atoms with Crippen LogP contribution in [0, 0.1) is 11.8 Å². The van der Waals surface area contributed by atoms with Crippen LogP contribution in [0.5, 0.6) is 0 Å². The maximum Gasteiger partial charge on any atom is 0.308 e. The lowest BCUT2D eigenvalue weighted by Gasteiger charge is -2.17. The summed E-state index contributed by atoms with van der Waals surface area (Å²) in [5.74, 6) is -1.32. The molecule has 1 amide bonds. The van der Waals surface area contributed by atoms with Crippen molar-refractivity contribution in [2.24, 2.45) is 11.8 Å². The highest BCUT2D eigenvalue weighted by Gasteiger charge is 2.41. The third-order valence-electron chi connectivity index (χ3n) is 5.20. The Bertz CT molecular complexity index is 813. The van der Waals surface area contributed by atoms with Gasteiger partial charge in [-0.25, -0.2) is 0 Å². The van der Waals surface area contributed by atoms with Crippen LogP contribution in [0.3, 0.4) is 0 Å². The number of aliphatic carboxylic acids is 1. The van der Waals surface area contributed by atoms with E-state index in [1.807, 2.05) is 41.9 Å². The molecule has 6 nitrogen and oxygen atoms in total. The SMILES string of the molecule is CCc1c(C(=O)N2CC(C(=O)O)C(c3ccccc3)C2)cnn1CC(C)C. The van der Waals surface area contributed by atoms with Crippen molar-refractivity contribution in [3.05, 3.63) is 53.3 Å². The van der Waals surface area contributed by atoms with Crippen LogP contribution < -0.4 is 0 Å². The number of carboxylic acids is 1. The van der Waals surface area contributed by atoms with Gasteiger partial charge in [0.05, 0.1) is 23.4 Å². The Morgan fingerprint density at radius 3 is 2.52 bits per heavy atom. The van der Waals surface area contributed by atoms with Crippen molar-refractivity contribution in [2.75, 3.05) is 13.1 Å². The zero-order valence-corrected chi connectivity index (χ0v) is 16.1. The predicted octanol–water partition coefficient (Wildman–Crippen LogP) is 3.04. The molecule has 1 N–H and O–H groups in total. The van der Waals surface area contributed by atoms with Crippen LogP contribution in [0.15, 0.2) is 36.5 Å². The summed E-state index contributed by atoms with van der Waals surface area (Å²) in [5, 5.41) is 14.1. The van der Waals surface area contributed by atoms with E-state index in [0.717, 1.165) is 17.8 Å². The molecule has 0 aliphatic carbocycles. The van der Waals surface area contributed by atoms with Crippen LogP contribution in [-0.4, -0.2) is 44.8 Å². The highest BCUT2D eigenvalue weighted by atomic mass is 16.4. The average Bonchev–Trinajstić information content (AvgIpc) is 3.25. The highest BCUT2D eigenvalue weighted by molar-refractivity contribution is 5.96. The maximum atomic E-state index is 13.2. The predicted molar refractivity (Wildman–Crippen MR) is 103 cm³/mol. The molecule has 3 rings (SSSR count). The van der Waals surface area contributed by atoms with E-state index in [1.165, 1.54) is 0 Å². The Labute approximate surface area is 159 Å². The van der Waals surface area contributed by atoms with E-state index in [2.05, 4.69) is 18.9 Å². The van der Waals surface area contributed by atoms with Crippen molar-refractivity contribution in [1.82, 2.24) is 14.7 Å². The van der Waals surface area contributed by atoms with Crippen LogP contribution in [0.4, 0.5) is 0 Å². The van der Waals surface area contributed by atoms with Crippen LogP contribution in [0.2, 0.25) is 0 Å². The van der Waals surface area contributed by atoms with Gasteiger partial charge in [-0.15, -0.1) is 0 Å². The molecular formula is C21H27N3O3. The fourth-order valence-corrected chi connectivity index (χ4v) is 3.89. The van der Waals surface area contributed by atoms with E-state index in [4.69, 9.17) is 0 Å². The minimum absolute atomic E-state index is 0.119. The monoisotopic (exact) mass is 369 g/mol. The summed E-state index contributed by atoms with van der Waals surface area (Å²) in [6.45, 7) is 7.66. The topological polar surface area (TPSA) is 75.4 Å². The molecule has 0 radical (unpaired) electrons. The second-order valence-electron chi connectivity index (χ2n) is 7.61. The Morgan fingerprint density at radius 1 is 1.22 bits per heavy atom. The summed E-state index contributed by atoms with van der Waals surface area (Å²) in [7, 11) is 0. The largest absolute Gasteiger partial charge is 0.481 e. The molecule has 0 spiro atoms. The molecule has 0 saturated carbocycles. The van der Waals surface area contributed by atoms with Gasteiger partial charge in [-0.1, -0.05) is 51.1 Å². The number of carbonyl (C=O) groups excluding carboxylic acids is 1. The molecule has 1 aromatic carbocycles. The van der Waals surface area contributed by atoms with Gasteiger partial charge in [0.2, 0.25) is 0 Å². The molecule has 2 aromatic rings. The molecular weight excluding hydrogens is 342 g/mol. The van der Waals surface area contributed by atoms with E-state index >= 15 is 0 Å². The first-order valence-corrected chi connectivity index (χ1v) is 9.54. The van der Waals surface area contributed by atoms with Crippen molar-refractivity contribution in [3.8, 4) is 0 Å². The minimum Gasteiger partial charge on any atom is -0.481 e. The first kappa shape index (κ1) is 19.1. The Balaban J connectivity index is 1.86. The molecule has 1 aliphatic rings. The van der Waals surface area contributed by atoms with E-state index in [-0.39, 0.29) is 18.4 Å². The smallest absolute Gasteiger partial charge is 0.308 e. The van der Waals surface area contributed by atoms with Gasteiger partial charge < -0.3 is 10.0 Å². The molecule has 2 heterocycles. The Kier molecular flexibility index (Phi) is 5.63. The lowest BCUT2D eigenvalue weighted by molar-refractivity contribution is -0.141. The van der Waals surface area contributed by atoms with Crippen LogP contribution in [0.1, 0.15) is 48.3 Å². The summed E-state index contributed by atoms with van der Waals surface area (Å²) < 4.78 is 1.90. The van der Waals surface area contributed by atoms with Crippen molar-refractivity contribution in [1.29, 1.82) is 0 Å². The number of nitrogens with zero attached hydrogens (tertiary/aromatic N) is 3.